The van der Waals surface area contributed by atoms with Crippen molar-refractivity contribution in [2.75, 3.05) is 38.0 Å². The molecule has 0 aromatic carbocycles. The van der Waals surface area contributed by atoms with E-state index in [0.717, 1.165) is 0 Å². The molecule has 0 aliphatic carbocycles. The third-order valence-electron chi connectivity index (χ3n) is 2.50. The maximum Gasteiger partial charge on any atom is 0.214 e. The number of aliphatic hydroxyl groups excluding tert-OH is 1. The van der Waals surface area contributed by atoms with Crippen LogP contribution in [0, 0.1) is 5.92 Å². The van der Waals surface area contributed by atoms with Crippen LogP contribution in [0.4, 0.5) is 0 Å². The van der Waals surface area contributed by atoms with E-state index in [1.54, 1.807) is 6.92 Å². The summed E-state index contributed by atoms with van der Waals surface area (Å²) >= 11 is 5.61. The highest BCUT2D eigenvalue weighted by molar-refractivity contribution is 7.89. The van der Waals surface area contributed by atoms with E-state index in [4.69, 9.17) is 21.4 Å². The fraction of sp³-hybridized carbons (Fsp3) is 1.00. The molecule has 0 bridgehead atoms. The predicted molar refractivity (Wildman–Crippen MR) is 62.1 cm³/mol. The molecule has 1 aliphatic heterocycles. The van der Waals surface area contributed by atoms with E-state index in [2.05, 4.69) is 0 Å². The van der Waals surface area contributed by atoms with E-state index < -0.39 is 16.1 Å². The van der Waals surface area contributed by atoms with Crippen LogP contribution in [-0.4, -0.2) is 61.9 Å². The first kappa shape index (κ1) is 14.2. The van der Waals surface area contributed by atoms with Crippen LogP contribution in [0.3, 0.4) is 0 Å². The fourth-order valence-electron chi connectivity index (χ4n) is 1.65. The van der Waals surface area contributed by atoms with Gasteiger partial charge in [0, 0.05) is 12.4 Å². The summed E-state index contributed by atoms with van der Waals surface area (Å²) in [5, 5.41) is 9.10. The van der Waals surface area contributed by atoms with Crippen LogP contribution in [0.1, 0.15) is 6.92 Å². The Balaban J connectivity index is 2.72. The third kappa shape index (κ3) is 3.56. The van der Waals surface area contributed by atoms with Crippen molar-refractivity contribution in [1.29, 1.82) is 0 Å². The molecule has 0 spiro atoms. The van der Waals surface area contributed by atoms with Gasteiger partial charge in [0.15, 0.2) is 0 Å². The molecule has 1 heterocycles. The molecule has 1 fully saturated rings. The van der Waals surface area contributed by atoms with Crippen LogP contribution < -0.4 is 0 Å². The molecule has 0 aromatic rings. The molecule has 16 heavy (non-hydrogen) atoms. The standard InChI is InChI=1S/C9H18ClNO4S/c1-8(4-10)7-16(13,14)11-2-3-15-6-9(11)5-12/h8-9,12H,2-7H2,1H3. The molecular weight excluding hydrogens is 254 g/mol. The summed E-state index contributed by atoms with van der Waals surface area (Å²) in [7, 11) is -3.35. The van der Waals surface area contributed by atoms with E-state index in [-0.39, 0.29) is 24.9 Å². The number of ether oxygens (including phenoxy) is 1. The van der Waals surface area contributed by atoms with Gasteiger partial charge < -0.3 is 9.84 Å². The number of aliphatic hydroxyl groups is 1. The number of hydrogen-bond donors (Lipinski definition) is 1. The molecule has 7 heteroatoms. The Morgan fingerprint density at radius 2 is 2.31 bits per heavy atom. The summed E-state index contributed by atoms with van der Waals surface area (Å²) in [5.74, 6) is 0.245. The first-order valence-corrected chi connectivity index (χ1v) is 7.39. The van der Waals surface area contributed by atoms with Gasteiger partial charge in [-0.1, -0.05) is 6.92 Å². The first-order valence-electron chi connectivity index (χ1n) is 5.25. The Bertz CT molecular complexity index is 309. The molecule has 1 aliphatic rings. The van der Waals surface area contributed by atoms with Crippen LogP contribution in [0.5, 0.6) is 0 Å². The minimum atomic E-state index is -3.35. The second-order valence-corrected chi connectivity index (χ2v) is 6.33. The molecule has 1 N–H and O–H groups in total. The Kier molecular flexibility index (Phi) is 5.46. The second kappa shape index (κ2) is 6.16. The van der Waals surface area contributed by atoms with Crippen LogP contribution in [0.15, 0.2) is 0 Å². The molecule has 0 saturated carbocycles. The highest BCUT2D eigenvalue weighted by atomic mass is 35.5. The Hall–Kier alpha value is 0.120. The number of sulfonamides is 1. The van der Waals surface area contributed by atoms with Gasteiger partial charge in [0.25, 0.3) is 0 Å². The maximum atomic E-state index is 12.0. The molecule has 1 rings (SSSR count). The van der Waals surface area contributed by atoms with Crippen molar-refractivity contribution in [3.8, 4) is 0 Å². The molecule has 1 saturated heterocycles. The van der Waals surface area contributed by atoms with Crippen molar-refractivity contribution in [3.05, 3.63) is 0 Å². The van der Waals surface area contributed by atoms with Gasteiger partial charge in [-0.05, 0) is 5.92 Å². The number of halogens is 1. The topological polar surface area (TPSA) is 66.8 Å². The smallest absolute Gasteiger partial charge is 0.214 e. The molecule has 0 amide bonds. The quantitative estimate of drug-likeness (QED) is 0.709. The predicted octanol–water partition coefficient (Wildman–Crippen LogP) is -0.116. The van der Waals surface area contributed by atoms with Crippen molar-refractivity contribution in [2.45, 2.75) is 13.0 Å². The van der Waals surface area contributed by atoms with Gasteiger partial charge in [0.2, 0.25) is 10.0 Å². The number of rotatable bonds is 5. The van der Waals surface area contributed by atoms with Crippen molar-refractivity contribution >= 4 is 21.6 Å². The third-order valence-corrected chi connectivity index (χ3v) is 5.21. The summed E-state index contributed by atoms with van der Waals surface area (Å²) in [6, 6.07) is -0.457. The summed E-state index contributed by atoms with van der Waals surface area (Å²) in [4.78, 5) is 0. The fourth-order valence-corrected chi connectivity index (χ4v) is 3.85. The minimum Gasteiger partial charge on any atom is -0.395 e. The van der Waals surface area contributed by atoms with Crippen LogP contribution in [0.25, 0.3) is 0 Å². The lowest BCUT2D eigenvalue weighted by Gasteiger charge is -2.33. The van der Waals surface area contributed by atoms with Crippen molar-refractivity contribution < 1.29 is 18.3 Å². The van der Waals surface area contributed by atoms with E-state index in [9.17, 15) is 8.42 Å². The molecule has 2 atom stereocenters. The van der Waals surface area contributed by atoms with Crippen LogP contribution in [-0.2, 0) is 14.8 Å². The number of alkyl halides is 1. The van der Waals surface area contributed by atoms with Gasteiger partial charge in [-0.2, -0.15) is 4.31 Å². The molecule has 96 valence electrons. The number of nitrogens with zero attached hydrogens (tertiary/aromatic N) is 1. The molecule has 2 unspecified atom stereocenters. The molecule has 5 nitrogen and oxygen atoms in total. The number of hydrogen-bond acceptors (Lipinski definition) is 4. The van der Waals surface area contributed by atoms with Gasteiger partial charge in [0.05, 0.1) is 31.6 Å². The molecular formula is C9H18ClNO4S. The Labute approximate surface area is 101 Å². The Morgan fingerprint density at radius 1 is 1.62 bits per heavy atom. The van der Waals surface area contributed by atoms with Gasteiger partial charge in [-0.3, -0.25) is 0 Å². The molecule has 0 aromatic heterocycles. The normalized spacial score (nSPS) is 25.6. The van der Waals surface area contributed by atoms with Crippen molar-refractivity contribution in [3.63, 3.8) is 0 Å². The first-order chi connectivity index (χ1) is 7.51. The van der Waals surface area contributed by atoms with Crippen LogP contribution >= 0.6 is 11.6 Å². The zero-order chi connectivity index (χ0) is 12.2. The van der Waals surface area contributed by atoms with Crippen LogP contribution in [0.2, 0.25) is 0 Å². The highest BCUT2D eigenvalue weighted by Gasteiger charge is 2.33. The lowest BCUT2D eigenvalue weighted by Crippen LogP contribution is -2.51. The monoisotopic (exact) mass is 271 g/mol. The largest absolute Gasteiger partial charge is 0.395 e. The lowest BCUT2D eigenvalue weighted by molar-refractivity contribution is 0.0108. The Morgan fingerprint density at radius 3 is 2.88 bits per heavy atom. The van der Waals surface area contributed by atoms with E-state index in [1.165, 1.54) is 4.31 Å². The SMILES string of the molecule is CC(CCl)CS(=O)(=O)N1CCOCC1CO. The maximum absolute atomic E-state index is 12.0. The van der Waals surface area contributed by atoms with E-state index >= 15 is 0 Å². The molecule has 0 radical (unpaired) electrons. The summed E-state index contributed by atoms with van der Waals surface area (Å²) < 4.78 is 30.5. The van der Waals surface area contributed by atoms with Gasteiger partial charge in [0.1, 0.15) is 0 Å². The summed E-state index contributed by atoms with van der Waals surface area (Å²) in [5.41, 5.74) is 0. The average molecular weight is 272 g/mol. The lowest BCUT2D eigenvalue weighted by atomic mass is 10.3. The van der Waals surface area contributed by atoms with Crippen molar-refractivity contribution in [2.24, 2.45) is 5.92 Å². The summed E-state index contributed by atoms with van der Waals surface area (Å²) in [6.07, 6.45) is 0. The zero-order valence-corrected chi connectivity index (χ0v) is 10.9. The zero-order valence-electron chi connectivity index (χ0n) is 9.30. The average Bonchev–Trinajstić information content (AvgIpc) is 2.28. The van der Waals surface area contributed by atoms with E-state index in [0.29, 0.717) is 19.0 Å². The van der Waals surface area contributed by atoms with Gasteiger partial charge >= 0.3 is 0 Å². The van der Waals surface area contributed by atoms with E-state index in [1.807, 2.05) is 0 Å². The summed E-state index contributed by atoms with van der Waals surface area (Å²) in [6.45, 7) is 2.52. The minimum absolute atomic E-state index is 0.0208. The van der Waals surface area contributed by atoms with Gasteiger partial charge in [-0.15, -0.1) is 11.6 Å². The van der Waals surface area contributed by atoms with Crippen molar-refractivity contribution in [1.82, 2.24) is 4.31 Å². The van der Waals surface area contributed by atoms with Gasteiger partial charge in [-0.25, -0.2) is 8.42 Å². The second-order valence-electron chi connectivity index (χ2n) is 4.06. The highest BCUT2D eigenvalue weighted by Crippen LogP contribution is 2.15. The number of morpholine rings is 1.